The number of pyridine rings is 1. The molecule has 3 heterocycles. The van der Waals surface area contributed by atoms with Gasteiger partial charge in [-0.25, -0.2) is 0 Å². The number of benzene rings is 1. The van der Waals surface area contributed by atoms with Crippen LogP contribution < -0.4 is 5.32 Å². The third kappa shape index (κ3) is 3.98. The minimum absolute atomic E-state index is 0.0249. The van der Waals surface area contributed by atoms with Crippen LogP contribution in [0, 0.1) is 13.8 Å². The van der Waals surface area contributed by atoms with Crippen molar-refractivity contribution < 1.29 is 5.11 Å². The molecule has 1 fully saturated rings. The van der Waals surface area contributed by atoms with E-state index in [-0.39, 0.29) is 18.7 Å². The summed E-state index contributed by atoms with van der Waals surface area (Å²) in [7, 11) is 0. The predicted octanol–water partition coefficient (Wildman–Crippen LogP) is 3.90. The third-order valence-electron chi connectivity index (χ3n) is 5.87. The molecule has 2 N–H and O–H groups in total. The highest BCUT2D eigenvalue weighted by Gasteiger charge is 2.40. The minimum Gasteiger partial charge on any atom is -0.396 e. The molecule has 1 aliphatic rings. The number of hydrogen-bond acceptors (Lipinski definition) is 3. The van der Waals surface area contributed by atoms with Crippen molar-refractivity contribution in [2.24, 2.45) is 0 Å². The van der Waals surface area contributed by atoms with Crippen molar-refractivity contribution in [1.82, 2.24) is 19.8 Å². The highest BCUT2D eigenvalue weighted by molar-refractivity contribution is 7.80. The molecule has 2 atom stereocenters. The van der Waals surface area contributed by atoms with Crippen molar-refractivity contribution in [3.63, 3.8) is 0 Å². The molecule has 0 unspecified atom stereocenters. The number of aliphatic hydroxyl groups excluding tert-OH is 1. The minimum atomic E-state index is -0.0249. The quantitative estimate of drug-likeness (QED) is 0.568. The molecular weight excluding hydrogens is 392 g/mol. The van der Waals surface area contributed by atoms with E-state index in [4.69, 9.17) is 12.2 Å². The standard InChI is InChI=1S/C24H28N4OS/c1-17-15-20(18(2)28(17)16-19-9-4-3-5-10-19)23-22(21-11-6-7-12-25-21)26-24(30)27(23)13-8-14-29/h3-7,9-12,15,22-23,29H,8,13-14,16H2,1-2H3,(H,26,30)/t22-,23+/m1/s1. The topological polar surface area (TPSA) is 53.3 Å². The molecule has 0 amide bonds. The molecule has 30 heavy (non-hydrogen) atoms. The summed E-state index contributed by atoms with van der Waals surface area (Å²) in [6.45, 7) is 6.04. The van der Waals surface area contributed by atoms with Crippen LogP contribution in [0.3, 0.4) is 0 Å². The van der Waals surface area contributed by atoms with Crippen LogP contribution in [0.15, 0.2) is 60.8 Å². The van der Waals surface area contributed by atoms with Gasteiger partial charge in [-0.15, -0.1) is 0 Å². The van der Waals surface area contributed by atoms with Crippen LogP contribution in [0.4, 0.5) is 0 Å². The fourth-order valence-corrected chi connectivity index (χ4v) is 4.69. The molecule has 0 spiro atoms. The SMILES string of the molecule is Cc1cc([C@H]2[C@@H](c3ccccn3)NC(=S)N2CCCO)c(C)n1Cc1ccccc1. The lowest BCUT2D eigenvalue weighted by molar-refractivity contribution is 0.247. The van der Waals surface area contributed by atoms with Crippen LogP contribution in [-0.4, -0.2) is 37.8 Å². The first-order chi connectivity index (χ1) is 14.6. The van der Waals surface area contributed by atoms with Crippen molar-refractivity contribution in [3.8, 4) is 0 Å². The van der Waals surface area contributed by atoms with Gasteiger partial charge in [-0.1, -0.05) is 36.4 Å². The van der Waals surface area contributed by atoms with Crippen LogP contribution in [0.25, 0.3) is 0 Å². The summed E-state index contributed by atoms with van der Waals surface area (Å²) in [5.41, 5.74) is 5.98. The lowest BCUT2D eigenvalue weighted by atomic mass is 9.96. The first-order valence-electron chi connectivity index (χ1n) is 10.4. The Morgan fingerprint density at radius 2 is 1.87 bits per heavy atom. The third-order valence-corrected chi connectivity index (χ3v) is 6.22. The van der Waals surface area contributed by atoms with Gasteiger partial charge in [0.15, 0.2) is 5.11 Å². The monoisotopic (exact) mass is 420 g/mol. The van der Waals surface area contributed by atoms with E-state index in [0.717, 1.165) is 17.4 Å². The molecule has 0 bridgehead atoms. The lowest BCUT2D eigenvalue weighted by Crippen LogP contribution is -2.31. The van der Waals surface area contributed by atoms with Crippen LogP contribution in [0.1, 0.15) is 46.7 Å². The first-order valence-corrected chi connectivity index (χ1v) is 10.8. The fraction of sp³-hybridized carbons (Fsp3) is 0.333. The Balaban J connectivity index is 1.74. The summed E-state index contributed by atoms with van der Waals surface area (Å²) in [5, 5.41) is 13.6. The zero-order chi connectivity index (χ0) is 21.1. The molecule has 0 saturated carbocycles. The van der Waals surface area contributed by atoms with Gasteiger partial charge in [-0.3, -0.25) is 4.98 Å². The van der Waals surface area contributed by atoms with Crippen LogP contribution in [0.5, 0.6) is 0 Å². The van der Waals surface area contributed by atoms with Gasteiger partial charge in [0, 0.05) is 37.3 Å². The largest absolute Gasteiger partial charge is 0.396 e. The second kappa shape index (κ2) is 8.98. The summed E-state index contributed by atoms with van der Waals surface area (Å²) in [4.78, 5) is 6.82. The Morgan fingerprint density at radius 3 is 2.57 bits per heavy atom. The van der Waals surface area contributed by atoms with Gasteiger partial charge in [0.2, 0.25) is 0 Å². The van der Waals surface area contributed by atoms with E-state index in [0.29, 0.717) is 13.0 Å². The van der Waals surface area contributed by atoms with E-state index < -0.39 is 0 Å². The number of thiocarbonyl (C=S) groups is 1. The average Bonchev–Trinajstić information content (AvgIpc) is 3.24. The van der Waals surface area contributed by atoms with Crippen LogP contribution >= 0.6 is 12.2 Å². The highest BCUT2D eigenvalue weighted by Crippen LogP contribution is 2.40. The number of nitrogens with zero attached hydrogens (tertiary/aromatic N) is 3. The van der Waals surface area contributed by atoms with E-state index in [1.54, 1.807) is 0 Å². The Morgan fingerprint density at radius 1 is 1.10 bits per heavy atom. The number of hydrogen-bond donors (Lipinski definition) is 2. The number of rotatable bonds is 7. The first kappa shape index (κ1) is 20.6. The Bertz CT molecular complexity index is 1000. The summed E-state index contributed by atoms with van der Waals surface area (Å²) < 4.78 is 2.37. The summed E-state index contributed by atoms with van der Waals surface area (Å²) in [6, 6.07) is 18.8. The Kier molecular flexibility index (Phi) is 6.16. The Labute approximate surface area is 183 Å². The molecular formula is C24H28N4OS. The van der Waals surface area contributed by atoms with Crippen molar-refractivity contribution in [3.05, 3.63) is 89.0 Å². The molecule has 156 valence electrons. The molecule has 1 aromatic carbocycles. The van der Waals surface area contributed by atoms with Crippen LogP contribution in [0.2, 0.25) is 0 Å². The summed E-state index contributed by atoms with van der Waals surface area (Å²) >= 11 is 5.69. The van der Waals surface area contributed by atoms with E-state index in [9.17, 15) is 5.11 Å². The molecule has 4 rings (SSSR count). The fourth-order valence-electron chi connectivity index (χ4n) is 4.36. The lowest BCUT2D eigenvalue weighted by Gasteiger charge is -2.28. The van der Waals surface area contributed by atoms with Gasteiger partial charge in [-0.2, -0.15) is 0 Å². The Hall–Kier alpha value is -2.70. The van der Waals surface area contributed by atoms with Crippen molar-refractivity contribution in [2.45, 2.75) is 38.9 Å². The maximum atomic E-state index is 9.41. The second-order valence-electron chi connectivity index (χ2n) is 7.80. The molecule has 0 radical (unpaired) electrons. The summed E-state index contributed by atoms with van der Waals surface area (Å²) in [5.74, 6) is 0. The molecule has 1 aliphatic heterocycles. The molecule has 6 heteroatoms. The zero-order valence-corrected chi connectivity index (χ0v) is 18.3. The molecule has 3 aromatic rings. The molecule has 1 saturated heterocycles. The van der Waals surface area contributed by atoms with Crippen molar-refractivity contribution >= 4 is 17.3 Å². The average molecular weight is 421 g/mol. The number of aromatic nitrogens is 2. The molecule has 5 nitrogen and oxygen atoms in total. The van der Waals surface area contributed by atoms with Crippen molar-refractivity contribution in [1.29, 1.82) is 0 Å². The van der Waals surface area contributed by atoms with Crippen LogP contribution in [-0.2, 0) is 6.54 Å². The van der Waals surface area contributed by atoms with E-state index in [1.165, 1.54) is 22.5 Å². The zero-order valence-electron chi connectivity index (χ0n) is 17.5. The number of aryl methyl sites for hydroxylation is 1. The van der Waals surface area contributed by atoms with Gasteiger partial charge in [-0.05, 0) is 61.8 Å². The van der Waals surface area contributed by atoms with Gasteiger partial charge in [0.05, 0.1) is 17.8 Å². The maximum absolute atomic E-state index is 9.41. The normalized spacial score (nSPS) is 18.6. The van der Waals surface area contributed by atoms with Crippen molar-refractivity contribution in [2.75, 3.05) is 13.2 Å². The summed E-state index contributed by atoms with van der Waals surface area (Å²) in [6.07, 6.45) is 2.50. The molecule has 0 aliphatic carbocycles. The molecule has 2 aromatic heterocycles. The van der Waals surface area contributed by atoms with Gasteiger partial charge >= 0.3 is 0 Å². The van der Waals surface area contributed by atoms with E-state index >= 15 is 0 Å². The van der Waals surface area contributed by atoms with E-state index in [1.807, 2.05) is 30.5 Å². The predicted molar refractivity (Wildman–Crippen MR) is 123 cm³/mol. The van der Waals surface area contributed by atoms with Gasteiger partial charge in [0.25, 0.3) is 0 Å². The van der Waals surface area contributed by atoms with Gasteiger partial charge in [0.1, 0.15) is 0 Å². The highest BCUT2D eigenvalue weighted by atomic mass is 32.1. The smallest absolute Gasteiger partial charge is 0.170 e. The van der Waals surface area contributed by atoms with E-state index in [2.05, 4.69) is 63.9 Å². The van der Waals surface area contributed by atoms with Gasteiger partial charge < -0.3 is 19.9 Å². The second-order valence-corrected chi connectivity index (χ2v) is 8.18. The number of aliphatic hydroxyl groups is 1. The number of nitrogens with one attached hydrogen (secondary N) is 1. The maximum Gasteiger partial charge on any atom is 0.170 e.